The van der Waals surface area contributed by atoms with Crippen LogP contribution in [0.3, 0.4) is 0 Å². The molecule has 1 nitrogen and oxygen atoms in total. The van der Waals surface area contributed by atoms with Gasteiger partial charge < -0.3 is 5.73 Å². The minimum atomic E-state index is -0.246. The smallest absolute Gasteiger partial charge is 0.137 e. The van der Waals surface area contributed by atoms with Gasteiger partial charge in [0.2, 0.25) is 0 Å². The Morgan fingerprint density at radius 3 is 2.82 bits per heavy atom. The lowest BCUT2D eigenvalue weighted by Crippen LogP contribution is -2.11. The molecule has 0 fully saturated rings. The second kappa shape index (κ2) is 7.62. The summed E-state index contributed by atoms with van der Waals surface area (Å²) < 4.78 is 13.8. The lowest BCUT2D eigenvalue weighted by Gasteiger charge is -2.14. The van der Waals surface area contributed by atoms with Gasteiger partial charge in [-0.25, -0.2) is 4.39 Å². The minimum absolute atomic E-state index is 0.0937. The first kappa shape index (κ1) is 14.4. The highest BCUT2D eigenvalue weighted by molar-refractivity contribution is 9.10. The molecule has 1 aromatic carbocycles. The van der Waals surface area contributed by atoms with Crippen molar-refractivity contribution in [3.05, 3.63) is 46.7 Å². The van der Waals surface area contributed by atoms with Crippen LogP contribution in [0.25, 0.3) is 0 Å². The van der Waals surface area contributed by atoms with E-state index in [9.17, 15) is 4.39 Å². The minimum Gasteiger partial charge on any atom is -0.324 e. The normalized spacial score (nSPS) is 12.4. The predicted molar refractivity (Wildman–Crippen MR) is 74.3 cm³/mol. The van der Waals surface area contributed by atoms with Crippen molar-refractivity contribution < 1.29 is 4.39 Å². The molecular formula is C14H19BrFN. The fourth-order valence-electron chi connectivity index (χ4n) is 1.79. The maximum Gasteiger partial charge on any atom is 0.137 e. The van der Waals surface area contributed by atoms with Gasteiger partial charge in [-0.05, 0) is 46.8 Å². The van der Waals surface area contributed by atoms with Crippen molar-refractivity contribution in [2.75, 3.05) is 0 Å². The van der Waals surface area contributed by atoms with Crippen molar-refractivity contribution in [1.82, 2.24) is 0 Å². The van der Waals surface area contributed by atoms with Crippen LogP contribution in [-0.4, -0.2) is 0 Å². The molecule has 0 bridgehead atoms. The standard InChI is InChI=1S/C14H19BrFN/c1-2-3-4-5-6-10-13(17)11-8-7-9-12(16)14(11)15/h2,7-9,13H,1,3-6,10,17H2. The third-order valence-corrected chi connectivity index (χ3v) is 3.64. The van der Waals surface area contributed by atoms with E-state index < -0.39 is 0 Å². The van der Waals surface area contributed by atoms with Crippen LogP contribution in [0.15, 0.2) is 35.3 Å². The van der Waals surface area contributed by atoms with Crippen molar-refractivity contribution in [3.8, 4) is 0 Å². The van der Waals surface area contributed by atoms with Gasteiger partial charge in [0.05, 0.1) is 4.47 Å². The van der Waals surface area contributed by atoms with Crippen molar-refractivity contribution in [2.24, 2.45) is 5.73 Å². The van der Waals surface area contributed by atoms with E-state index in [1.165, 1.54) is 6.07 Å². The number of hydrogen-bond acceptors (Lipinski definition) is 1. The fraction of sp³-hybridized carbons (Fsp3) is 0.429. The Hall–Kier alpha value is -0.670. The molecule has 0 saturated carbocycles. The van der Waals surface area contributed by atoms with Crippen LogP contribution < -0.4 is 5.73 Å². The van der Waals surface area contributed by atoms with E-state index in [2.05, 4.69) is 22.5 Å². The first-order valence-electron chi connectivity index (χ1n) is 5.97. The number of hydrogen-bond donors (Lipinski definition) is 1. The summed E-state index contributed by atoms with van der Waals surface area (Å²) in [5, 5.41) is 0. The molecule has 1 unspecified atom stereocenters. The molecule has 3 heteroatoms. The zero-order valence-electron chi connectivity index (χ0n) is 9.96. The van der Waals surface area contributed by atoms with Gasteiger partial charge in [-0.2, -0.15) is 0 Å². The quantitative estimate of drug-likeness (QED) is 0.572. The van der Waals surface area contributed by atoms with E-state index in [1.807, 2.05) is 12.1 Å². The predicted octanol–water partition coefficient (Wildman–Crippen LogP) is 4.72. The molecule has 0 aliphatic heterocycles. The van der Waals surface area contributed by atoms with Crippen molar-refractivity contribution >= 4 is 15.9 Å². The number of benzene rings is 1. The number of allylic oxidation sites excluding steroid dienone is 1. The van der Waals surface area contributed by atoms with Gasteiger partial charge >= 0.3 is 0 Å². The fourth-order valence-corrected chi connectivity index (χ4v) is 2.35. The first-order valence-corrected chi connectivity index (χ1v) is 6.76. The Balaban J connectivity index is 2.44. The molecule has 94 valence electrons. The molecule has 0 spiro atoms. The van der Waals surface area contributed by atoms with Crippen molar-refractivity contribution in [3.63, 3.8) is 0 Å². The number of unbranched alkanes of at least 4 members (excludes halogenated alkanes) is 3. The number of halogens is 2. The second-order valence-electron chi connectivity index (χ2n) is 4.18. The summed E-state index contributed by atoms with van der Waals surface area (Å²) in [5.74, 6) is -0.246. The van der Waals surface area contributed by atoms with Crippen LogP contribution in [0.5, 0.6) is 0 Å². The third-order valence-electron chi connectivity index (χ3n) is 2.80. The Kier molecular flexibility index (Phi) is 6.45. The Bertz CT molecular complexity index is 365. The molecule has 0 radical (unpaired) electrons. The van der Waals surface area contributed by atoms with E-state index >= 15 is 0 Å². The third kappa shape index (κ3) is 4.60. The molecule has 17 heavy (non-hydrogen) atoms. The number of rotatable bonds is 7. The Morgan fingerprint density at radius 2 is 2.12 bits per heavy atom. The van der Waals surface area contributed by atoms with Gasteiger partial charge in [0.1, 0.15) is 5.82 Å². The zero-order chi connectivity index (χ0) is 12.7. The number of nitrogens with two attached hydrogens (primary N) is 1. The van der Waals surface area contributed by atoms with Gasteiger partial charge in [-0.3, -0.25) is 0 Å². The molecule has 1 atom stereocenters. The molecule has 0 heterocycles. The van der Waals surface area contributed by atoms with Crippen molar-refractivity contribution in [2.45, 2.75) is 38.1 Å². The lowest BCUT2D eigenvalue weighted by molar-refractivity contribution is 0.562. The van der Waals surface area contributed by atoms with E-state index in [0.717, 1.165) is 37.7 Å². The maximum absolute atomic E-state index is 13.3. The molecule has 1 rings (SSSR count). The largest absolute Gasteiger partial charge is 0.324 e. The average Bonchev–Trinajstić information content (AvgIpc) is 2.32. The summed E-state index contributed by atoms with van der Waals surface area (Å²) in [5.41, 5.74) is 6.92. The molecule has 1 aromatic rings. The second-order valence-corrected chi connectivity index (χ2v) is 4.97. The van der Waals surface area contributed by atoms with Gasteiger partial charge in [0.25, 0.3) is 0 Å². The van der Waals surface area contributed by atoms with Crippen LogP contribution >= 0.6 is 15.9 Å². The maximum atomic E-state index is 13.3. The molecule has 2 N–H and O–H groups in total. The topological polar surface area (TPSA) is 26.0 Å². The molecule has 0 aliphatic rings. The molecule has 0 amide bonds. The summed E-state index contributed by atoms with van der Waals surface area (Å²) >= 11 is 3.25. The summed E-state index contributed by atoms with van der Waals surface area (Å²) in [6.45, 7) is 3.69. The summed E-state index contributed by atoms with van der Waals surface area (Å²) in [6, 6.07) is 4.92. The van der Waals surface area contributed by atoms with Crippen LogP contribution in [0.4, 0.5) is 4.39 Å². The van der Waals surface area contributed by atoms with E-state index in [-0.39, 0.29) is 11.9 Å². The van der Waals surface area contributed by atoms with Gasteiger partial charge in [0, 0.05) is 6.04 Å². The molecule has 0 aliphatic carbocycles. The van der Waals surface area contributed by atoms with Gasteiger partial charge in [0.15, 0.2) is 0 Å². The van der Waals surface area contributed by atoms with Gasteiger partial charge in [-0.1, -0.05) is 31.1 Å². The molecule has 0 saturated heterocycles. The highest BCUT2D eigenvalue weighted by atomic mass is 79.9. The SMILES string of the molecule is C=CCCCCCC(N)c1cccc(F)c1Br. The van der Waals surface area contributed by atoms with Crippen LogP contribution in [0.2, 0.25) is 0 Å². The first-order chi connectivity index (χ1) is 8.16. The highest BCUT2D eigenvalue weighted by Gasteiger charge is 2.12. The summed E-state index contributed by atoms with van der Waals surface area (Å²) in [7, 11) is 0. The van der Waals surface area contributed by atoms with Crippen LogP contribution in [0, 0.1) is 5.82 Å². The Labute approximate surface area is 111 Å². The van der Waals surface area contributed by atoms with Crippen LogP contribution in [0.1, 0.15) is 43.7 Å². The summed E-state index contributed by atoms with van der Waals surface area (Å²) in [4.78, 5) is 0. The van der Waals surface area contributed by atoms with E-state index in [0.29, 0.717) is 4.47 Å². The van der Waals surface area contributed by atoms with E-state index in [1.54, 1.807) is 6.07 Å². The highest BCUT2D eigenvalue weighted by Crippen LogP contribution is 2.27. The van der Waals surface area contributed by atoms with Gasteiger partial charge in [-0.15, -0.1) is 6.58 Å². The Morgan fingerprint density at radius 1 is 1.35 bits per heavy atom. The van der Waals surface area contributed by atoms with E-state index in [4.69, 9.17) is 5.73 Å². The monoisotopic (exact) mass is 299 g/mol. The van der Waals surface area contributed by atoms with Crippen LogP contribution in [-0.2, 0) is 0 Å². The van der Waals surface area contributed by atoms with Crippen molar-refractivity contribution in [1.29, 1.82) is 0 Å². The molecule has 0 aromatic heterocycles. The lowest BCUT2D eigenvalue weighted by atomic mass is 10.0. The summed E-state index contributed by atoms with van der Waals surface area (Å²) in [6.07, 6.45) is 7.24. The molecular weight excluding hydrogens is 281 g/mol. The average molecular weight is 300 g/mol. The zero-order valence-corrected chi connectivity index (χ0v) is 11.5.